The van der Waals surface area contributed by atoms with Gasteiger partial charge >= 0.3 is 0 Å². The van der Waals surface area contributed by atoms with Gasteiger partial charge in [0.05, 0.1) is 0 Å². The number of hydrogen-bond acceptors (Lipinski definition) is 0. The third-order valence-electron chi connectivity index (χ3n) is 4.56. The van der Waals surface area contributed by atoms with Gasteiger partial charge in [-0.25, -0.2) is 0 Å². The van der Waals surface area contributed by atoms with Crippen LogP contribution in [-0.2, 0) is 0 Å². The average Bonchev–Trinajstić information content (AvgIpc) is 2.69. The Morgan fingerprint density at radius 1 is 0.643 bits per heavy atom. The molecule has 28 heavy (non-hydrogen) atoms. The summed E-state index contributed by atoms with van der Waals surface area (Å²) in [6, 6.07) is 25.6. The van der Waals surface area contributed by atoms with Crippen LogP contribution in [0.3, 0.4) is 0 Å². The lowest BCUT2D eigenvalue weighted by Crippen LogP contribution is -1.94. The van der Waals surface area contributed by atoms with Crippen LogP contribution in [0.4, 0.5) is 0 Å². The Balaban J connectivity index is 2.00. The minimum atomic E-state index is 0.124. The van der Waals surface area contributed by atoms with Crippen molar-refractivity contribution in [2.75, 3.05) is 0 Å². The fourth-order valence-electron chi connectivity index (χ4n) is 2.86. The van der Waals surface area contributed by atoms with Crippen LogP contribution >= 0.6 is 47.8 Å². The fourth-order valence-corrected chi connectivity index (χ4v) is 4.22. The zero-order valence-electron chi connectivity index (χ0n) is 15.8. The van der Waals surface area contributed by atoms with E-state index in [9.17, 15) is 0 Å². The predicted molar refractivity (Wildman–Crippen MR) is 133 cm³/mol. The van der Waals surface area contributed by atoms with Crippen LogP contribution in [0.1, 0.15) is 33.7 Å². The van der Waals surface area contributed by atoms with Crippen molar-refractivity contribution in [1.29, 1.82) is 0 Å². The van der Waals surface area contributed by atoms with Crippen LogP contribution in [0.15, 0.2) is 89.4 Å². The Morgan fingerprint density at radius 2 is 1.04 bits per heavy atom. The van der Waals surface area contributed by atoms with E-state index >= 15 is 0 Å². The van der Waals surface area contributed by atoms with Crippen LogP contribution in [-0.4, -0.2) is 0 Å². The highest BCUT2D eigenvalue weighted by molar-refractivity contribution is 9.15. The first-order valence-corrected chi connectivity index (χ1v) is 11.4. The topological polar surface area (TPSA) is 0 Å². The summed E-state index contributed by atoms with van der Waals surface area (Å²) < 4.78 is 3.25. The molecule has 0 aliphatic carbocycles. The van der Waals surface area contributed by atoms with Gasteiger partial charge in [0.1, 0.15) is 0 Å². The molecule has 0 saturated carbocycles. The minimum absolute atomic E-state index is 0.124. The summed E-state index contributed by atoms with van der Waals surface area (Å²) in [6.45, 7) is 4.21. The normalized spacial score (nSPS) is 13.5. The van der Waals surface area contributed by atoms with Crippen molar-refractivity contribution in [2.45, 2.75) is 19.8 Å². The largest absolute Gasteiger partial charge is 0.0587 e. The van der Waals surface area contributed by atoms with Crippen molar-refractivity contribution in [3.63, 3.8) is 0 Å². The van der Waals surface area contributed by atoms with Crippen LogP contribution in [0, 0.1) is 13.8 Å². The molecule has 0 aliphatic rings. The standard InChI is InChI=1S/C25H21Br3/c1-17-3-7-20(8-4-17)24(27)15-22(19-11-13-23(26)14-12-19)16-25(28)21-9-5-18(2)6-10-21/h3-16,22H,1-2H3/b24-15-,25-16+. The molecule has 0 amide bonds. The van der Waals surface area contributed by atoms with Gasteiger partial charge in [-0.1, -0.05) is 132 Å². The van der Waals surface area contributed by atoms with Crippen molar-refractivity contribution < 1.29 is 0 Å². The molecular weight excluding hydrogens is 540 g/mol. The summed E-state index contributed by atoms with van der Waals surface area (Å²) in [5.74, 6) is 0.124. The summed E-state index contributed by atoms with van der Waals surface area (Å²) in [4.78, 5) is 0. The minimum Gasteiger partial charge on any atom is -0.0587 e. The summed E-state index contributed by atoms with van der Waals surface area (Å²) in [6.07, 6.45) is 4.51. The molecule has 0 N–H and O–H groups in total. The van der Waals surface area contributed by atoms with Gasteiger partial charge in [0, 0.05) is 19.4 Å². The predicted octanol–water partition coefficient (Wildman–Crippen LogP) is 9.02. The molecular formula is C25H21Br3. The molecule has 0 spiro atoms. The van der Waals surface area contributed by atoms with Crippen molar-refractivity contribution in [2.24, 2.45) is 0 Å². The first-order chi connectivity index (χ1) is 13.4. The summed E-state index contributed by atoms with van der Waals surface area (Å²) >= 11 is 11.1. The van der Waals surface area contributed by atoms with Crippen molar-refractivity contribution in [3.8, 4) is 0 Å². The maximum atomic E-state index is 3.79. The SMILES string of the molecule is Cc1ccc(/C(Br)=C/C(/C=C(/Br)c2ccc(C)cc2)c2ccc(Br)cc2)cc1. The van der Waals surface area contributed by atoms with Gasteiger partial charge in [-0.15, -0.1) is 0 Å². The maximum absolute atomic E-state index is 3.79. The molecule has 142 valence electrons. The molecule has 1 atom stereocenters. The lowest BCUT2D eigenvalue weighted by Gasteiger charge is -2.13. The quantitative estimate of drug-likeness (QED) is 0.292. The molecule has 0 aromatic heterocycles. The molecule has 0 bridgehead atoms. The monoisotopic (exact) mass is 558 g/mol. The number of halogens is 3. The molecule has 0 saturated heterocycles. The van der Waals surface area contributed by atoms with E-state index in [1.165, 1.54) is 27.8 Å². The third-order valence-corrected chi connectivity index (χ3v) is 6.53. The lowest BCUT2D eigenvalue weighted by molar-refractivity contribution is 1.09. The second-order valence-corrected chi connectivity index (χ2v) is 9.46. The van der Waals surface area contributed by atoms with E-state index in [-0.39, 0.29) is 5.92 Å². The highest BCUT2D eigenvalue weighted by Crippen LogP contribution is 2.33. The van der Waals surface area contributed by atoms with Gasteiger partial charge in [-0.3, -0.25) is 0 Å². The highest BCUT2D eigenvalue weighted by atomic mass is 79.9. The Labute approximate surface area is 192 Å². The zero-order chi connectivity index (χ0) is 20.1. The second kappa shape index (κ2) is 9.87. The van der Waals surface area contributed by atoms with Gasteiger partial charge in [0.25, 0.3) is 0 Å². The molecule has 3 aromatic carbocycles. The van der Waals surface area contributed by atoms with Gasteiger partial charge < -0.3 is 0 Å². The number of hydrogen-bond donors (Lipinski definition) is 0. The molecule has 0 radical (unpaired) electrons. The Morgan fingerprint density at radius 3 is 1.43 bits per heavy atom. The van der Waals surface area contributed by atoms with Crippen LogP contribution in [0.5, 0.6) is 0 Å². The summed E-state index contributed by atoms with van der Waals surface area (Å²) in [5, 5.41) is 0. The van der Waals surface area contributed by atoms with Gasteiger partial charge in [-0.2, -0.15) is 0 Å². The Kier molecular flexibility index (Phi) is 7.50. The van der Waals surface area contributed by atoms with Gasteiger partial charge in [0.2, 0.25) is 0 Å². The van der Waals surface area contributed by atoms with Crippen LogP contribution < -0.4 is 0 Å². The molecule has 3 heteroatoms. The lowest BCUT2D eigenvalue weighted by atomic mass is 9.96. The fraction of sp³-hybridized carbons (Fsp3) is 0.120. The van der Waals surface area contributed by atoms with E-state index < -0.39 is 0 Å². The number of benzene rings is 3. The molecule has 0 nitrogen and oxygen atoms in total. The maximum Gasteiger partial charge on any atom is 0.0227 e. The van der Waals surface area contributed by atoms with Crippen LogP contribution in [0.2, 0.25) is 0 Å². The zero-order valence-corrected chi connectivity index (χ0v) is 20.6. The van der Waals surface area contributed by atoms with Crippen LogP contribution in [0.25, 0.3) is 8.96 Å². The molecule has 3 rings (SSSR count). The summed E-state index contributed by atoms with van der Waals surface area (Å²) in [7, 11) is 0. The molecule has 1 unspecified atom stereocenters. The van der Waals surface area contributed by atoms with Gasteiger partial charge in [-0.05, 0) is 42.7 Å². The summed E-state index contributed by atoms with van der Waals surface area (Å²) in [5.41, 5.74) is 6.10. The third kappa shape index (κ3) is 5.79. The Hall–Kier alpha value is -1.42. The van der Waals surface area contributed by atoms with E-state index in [2.05, 4.69) is 147 Å². The van der Waals surface area contributed by atoms with E-state index in [0.29, 0.717) is 0 Å². The van der Waals surface area contributed by atoms with Crippen molar-refractivity contribution in [3.05, 3.63) is 117 Å². The van der Waals surface area contributed by atoms with E-state index in [4.69, 9.17) is 0 Å². The second-order valence-electron chi connectivity index (χ2n) is 6.84. The first-order valence-electron chi connectivity index (χ1n) is 9.06. The Bertz CT molecular complexity index is 918. The molecule has 3 aromatic rings. The highest BCUT2D eigenvalue weighted by Gasteiger charge is 2.10. The molecule has 0 fully saturated rings. The number of aryl methyl sites for hydroxylation is 2. The van der Waals surface area contributed by atoms with E-state index in [1.54, 1.807) is 0 Å². The average molecular weight is 561 g/mol. The molecule has 0 heterocycles. The number of allylic oxidation sites excluding steroid dienone is 2. The smallest absolute Gasteiger partial charge is 0.0227 e. The first kappa shape index (κ1) is 21.3. The molecule has 0 aliphatic heterocycles. The van der Waals surface area contributed by atoms with Gasteiger partial charge in [0.15, 0.2) is 0 Å². The van der Waals surface area contributed by atoms with Crippen molar-refractivity contribution in [1.82, 2.24) is 0 Å². The van der Waals surface area contributed by atoms with Crippen molar-refractivity contribution >= 4 is 56.8 Å². The van der Waals surface area contributed by atoms with E-state index in [1.807, 2.05) is 0 Å². The van der Waals surface area contributed by atoms with E-state index in [0.717, 1.165) is 13.4 Å². The number of rotatable bonds is 5.